The Bertz CT molecular complexity index is 820. The van der Waals surface area contributed by atoms with Crippen LogP contribution in [0.25, 0.3) is 5.69 Å². The van der Waals surface area contributed by atoms with Gasteiger partial charge in [-0.05, 0) is 25.5 Å². The van der Waals surface area contributed by atoms with E-state index >= 15 is 0 Å². The molecular weight excluding hydrogens is 396 g/mol. The summed E-state index contributed by atoms with van der Waals surface area (Å²) in [6.45, 7) is 4.08. The van der Waals surface area contributed by atoms with Gasteiger partial charge in [0.1, 0.15) is 5.56 Å². The minimum atomic E-state index is -0.236. The molecule has 2 aromatic rings. The second-order valence-corrected chi connectivity index (χ2v) is 9.21. The summed E-state index contributed by atoms with van der Waals surface area (Å²) in [5, 5.41) is 3.05. The lowest BCUT2D eigenvalue weighted by Gasteiger charge is -2.03. The maximum atomic E-state index is 12.7. The van der Waals surface area contributed by atoms with Crippen LogP contribution in [0.5, 0.6) is 0 Å². The number of rotatable bonds is 18. The quantitative estimate of drug-likeness (QED) is 0.189. The Morgan fingerprint density at radius 2 is 1.22 bits per heavy atom. The fourth-order valence-corrected chi connectivity index (χ4v) is 4.42. The zero-order valence-corrected chi connectivity index (χ0v) is 20.5. The van der Waals surface area contributed by atoms with Crippen molar-refractivity contribution in [2.45, 2.75) is 117 Å². The molecule has 0 unspecified atom stereocenters. The second kappa shape index (κ2) is 15.7. The van der Waals surface area contributed by atoms with E-state index in [0.29, 0.717) is 17.7 Å². The molecule has 1 N–H and O–H groups in total. The van der Waals surface area contributed by atoms with E-state index in [-0.39, 0.29) is 11.3 Å². The van der Waals surface area contributed by atoms with Gasteiger partial charge in [-0.3, -0.25) is 14.7 Å². The van der Waals surface area contributed by atoms with Crippen molar-refractivity contribution in [3.8, 4) is 5.69 Å². The van der Waals surface area contributed by atoms with Crippen molar-refractivity contribution < 1.29 is 4.79 Å². The number of Topliss-reactive ketones (excluding diaryl/α,β-unsaturated/α-hetero) is 1. The highest BCUT2D eigenvalue weighted by molar-refractivity contribution is 5.96. The fourth-order valence-electron chi connectivity index (χ4n) is 4.42. The molecule has 0 saturated heterocycles. The highest BCUT2D eigenvalue weighted by atomic mass is 16.2. The number of unbranched alkanes of at least 4 members (excludes halogenated alkanes) is 14. The van der Waals surface area contributed by atoms with Crippen LogP contribution in [0.3, 0.4) is 0 Å². The van der Waals surface area contributed by atoms with Crippen LogP contribution >= 0.6 is 0 Å². The summed E-state index contributed by atoms with van der Waals surface area (Å²) in [5.74, 6) is -0.0341. The zero-order chi connectivity index (χ0) is 23.0. The topological polar surface area (TPSA) is 54.9 Å². The molecule has 1 heterocycles. The number of nitrogens with one attached hydrogen (secondary N) is 1. The fraction of sp³-hybridized carbons (Fsp3) is 0.643. The zero-order valence-electron chi connectivity index (χ0n) is 20.5. The van der Waals surface area contributed by atoms with Crippen LogP contribution < -0.4 is 5.56 Å². The third-order valence-electron chi connectivity index (χ3n) is 6.37. The summed E-state index contributed by atoms with van der Waals surface area (Å²) in [4.78, 5) is 25.3. The van der Waals surface area contributed by atoms with E-state index in [4.69, 9.17) is 0 Å². The lowest BCUT2D eigenvalue weighted by atomic mass is 10.0. The summed E-state index contributed by atoms with van der Waals surface area (Å²) < 4.78 is 1.47. The van der Waals surface area contributed by atoms with Crippen LogP contribution in [0.4, 0.5) is 0 Å². The third-order valence-corrected chi connectivity index (χ3v) is 6.37. The Labute approximate surface area is 194 Å². The van der Waals surface area contributed by atoms with E-state index in [9.17, 15) is 9.59 Å². The first-order valence-corrected chi connectivity index (χ1v) is 13.1. The van der Waals surface area contributed by atoms with Gasteiger partial charge in [-0.2, -0.15) is 0 Å². The van der Waals surface area contributed by atoms with Gasteiger partial charge in [0, 0.05) is 12.1 Å². The summed E-state index contributed by atoms with van der Waals surface area (Å²) >= 11 is 0. The van der Waals surface area contributed by atoms with Gasteiger partial charge in [0.15, 0.2) is 5.78 Å². The first kappa shape index (κ1) is 26.2. The van der Waals surface area contributed by atoms with Gasteiger partial charge in [-0.15, -0.1) is 0 Å². The van der Waals surface area contributed by atoms with E-state index < -0.39 is 0 Å². The molecule has 0 amide bonds. The van der Waals surface area contributed by atoms with Gasteiger partial charge >= 0.3 is 0 Å². The van der Waals surface area contributed by atoms with Crippen LogP contribution in [0.2, 0.25) is 0 Å². The lowest BCUT2D eigenvalue weighted by Crippen LogP contribution is -2.20. The number of hydrogen-bond donors (Lipinski definition) is 1. The predicted molar refractivity (Wildman–Crippen MR) is 135 cm³/mol. The van der Waals surface area contributed by atoms with E-state index in [1.165, 1.54) is 88.2 Å². The number of ketones is 1. The molecule has 0 fully saturated rings. The standard InChI is InChI=1S/C28H44N2O2/c1-3-4-5-6-7-8-9-10-11-12-13-14-15-16-20-23-26(31)27-24(2)29-30(28(27)32)25-21-18-17-19-22-25/h17-19,21-22,29H,3-16,20,23H2,1-2H3. The molecule has 0 saturated carbocycles. The minimum absolute atomic E-state index is 0.0341. The maximum absolute atomic E-state index is 12.7. The average Bonchev–Trinajstić information content (AvgIpc) is 3.10. The molecule has 4 nitrogen and oxygen atoms in total. The van der Waals surface area contributed by atoms with Gasteiger partial charge in [0.25, 0.3) is 5.56 Å². The number of nitrogens with zero attached hydrogens (tertiary/aromatic N) is 1. The van der Waals surface area contributed by atoms with Gasteiger partial charge < -0.3 is 0 Å². The normalized spacial score (nSPS) is 11.2. The van der Waals surface area contributed by atoms with Crippen molar-refractivity contribution in [1.29, 1.82) is 0 Å². The number of carbonyl (C=O) groups excluding carboxylic acids is 1. The molecule has 2 rings (SSSR count). The average molecular weight is 441 g/mol. The number of benzene rings is 1. The van der Waals surface area contributed by atoms with Crippen LogP contribution in [-0.2, 0) is 0 Å². The van der Waals surface area contributed by atoms with Crippen molar-refractivity contribution in [2.75, 3.05) is 0 Å². The molecule has 0 radical (unpaired) electrons. The van der Waals surface area contributed by atoms with Crippen LogP contribution in [0.15, 0.2) is 35.1 Å². The number of carbonyl (C=O) groups is 1. The molecule has 4 heteroatoms. The highest BCUT2D eigenvalue weighted by Crippen LogP contribution is 2.15. The number of aromatic amines is 1. The Morgan fingerprint density at radius 1 is 0.750 bits per heavy atom. The first-order chi connectivity index (χ1) is 15.6. The SMILES string of the molecule is CCCCCCCCCCCCCCCCCC(=O)c1c(C)[nH]n(-c2ccccc2)c1=O. The number of para-hydroxylation sites is 1. The molecule has 1 aromatic carbocycles. The molecule has 1 aromatic heterocycles. The molecule has 0 spiro atoms. The van der Waals surface area contributed by atoms with Crippen molar-refractivity contribution in [3.63, 3.8) is 0 Å². The molecular formula is C28H44N2O2. The number of aromatic nitrogens is 2. The van der Waals surface area contributed by atoms with Crippen molar-refractivity contribution in [1.82, 2.24) is 9.78 Å². The van der Waals surface area contributed by atoms with Crippen LogP contribution in [-0.4, -0.2) is 15.6 Å². The number of hydrogen-bond acceptors (Lipinski definition) is 2. The van der Waals surface area contributed by atoms with E-state index in [1.54, 1.807) is 6.92 Å². The Morgan fingerprint density at radius 3 is 1.72 bits per heavy atom. The molecule has 0 aliphatic heterocycles. The first-order valence-electron chi connectivity index (χ1n) is 13.1. The van der Waals surface area contributed by atoms with E-state index in [1.807, 2.05) is 30.3 Å². The lowest BCUT2D eigenvalue weighted by molar-refractivity contribution is 0.0977. The minimum Gasteiger partial charge on any atom is -0.295 e. The Hall–Kier alpha value is -2.10. The molecule has 178 valence electrons. The molecule has 0 aliphatic rings. The second-order valence-electron chi connectivity index (χ2n) is 9.21. The smallest absolute Gasteiger partial charge is 0.282 e. The van der Waals surface area contributed by atoms with Gasteiger partial charge in [0.05, 0.1) is 5.69 Å². The molecule has 0 bridgehead atoms. The van der Waals surface area contributed by atoms with Gasteiger partial charge in [-0.1, -0.05) is 115 Å². The maximum Gasteiger partial charge on any atom is 0.282 e. The number of aryl methyl sites for hydroxylation is 1. The molecule has 32 heavy (non-hydrogen) atoms. The monoisotopic (exact) mass is 440 g/mol. The van der Waals surface area contributed by atoms with E-state index in [0.717, 1.165) is 18.5 Å². The third kappa shape index (κ3) is 9.18. The summed E-state index contributed by atoms with van der Waals surface area (Å²) in [6, 6.07) is 9.40. The van der Waals surface area contributed by atoms with Crippen molar-refractivity contribution in [3.05, 3.63) is 51.9 Å². The Balaban J connectivity index is 1.53. The Kier molecular flexibility index (Phi) is 12.8. The largest absolute Gasteiger partial charge is 0.295 e. The summed E-state index contributed by atoms with van der Waals surface area (Å²) in [5.41, 5.74) is 1.50. The van der Waals surface area contributed by atoms with Gasteiger partial charge in [0.2, 0.25) is 0 Å². The predicted octanol–water partition coefficient (Wildman–Crippen LogP) is 7.92. The summed E-state index contributed by atoms with van der Waals surface area (Å²) in [7, 11) is 0. The summed E-state index contributed by atoms with van der Waals surface area (Å²) in [6.07, 6.45) is 20.0. The van der Waals surface area contributed by atoms with Crippen molar-refractivity contribution in [2.24, 2.45) is 0 Å². The van der Waals surface area contributed by atoms with E-state index in [2.05, 4.69) is 12.0 Å². The number of H-pyrrole nitrogens is 1. The highest BCUT2D eigenvalue weighted by Gasteiger charge is 2.18. The van der Waals surface area contributed by atoms with Crippen LogP contribution in [0, 0.1) is 6.92 Å². The van der Waals surface area contributed by atoms with Crippen LogP contribution in [0.1, 0.15) is 126 Å². The molecule has 0 atom stereocenters. The van der Waals surface area contributed by atoms with Crippen molar-refractivity contribution >= 4 is 5.78 Å². The van der Waals surface area contributed by atoms with Gasteiger partial charge in [-0.25, -0.2) is 4.68 Å². The molecule has 0 aliphatic carbocycles.